The van der Waals surface area contributed by atoms with Crippen LogP contribution in [0.3, 0.4) is 0 Å². The van der Waals surface area contributed by atoms with Crippen LogP contribution in [0, 0.1) is 0 Å². The third-order valence-corrected chi connectivity index (χ3v) is 5.84. The Balaban J connectivity index is 1.50. The fourth-order valence-electron chi connectivity index (χ4n) is 3.44. The molecule has 0 bridgehead atoms. The molecule has 1 aromatic carbocycles. The van der Waals surface area contributed by atoms with E-state index in [2.05, 4.69) is 25.1 Å². The van der Waals surface area contributed by atoms with Gasteiger partial charge < -0.3 is 19.9 Å². The predicted molar refractivity (Wildman–Crippen MR) is 114 cm³/mol. The summed E-state index contributed by atoms with van der Waals surface area (Å²) in [6.07, 6.45) is 4.31. The Morgan fingerprint density at radius 3 is 2.24 bits per heavy atom. The van der Waals surface area contributed by atoms with Crippen LogP contribution < -0.4 is 15.1 Å². The van der Waals surface area contributed by atoms with E-state index in [1.807, 2.05) is 30.5 Å². The van der Waals surface area contributed by atoms with Crippen molar-refractivity contribution in [3.05, 3.63) is 35.7 Å². The summed E-state index contributed by atoms with van der Waals surface area (Å²) in [4.78, 5) is 31.9. The maximum Gasteiger partial charge on any atom is 0.251 e. The number of anilines is 2. The second-order valence-electron chi connectivity index (χ2n) is 7.06. The Kier molecular flexibility index (Phi) is 6.46. The van der Waals surface area contributed by atoms with Crippen LogP contribution in [-0.4, -0.2) is 66.5 Å². The molecule has 0 aliphatic carbocycles. The Bertz CT molecular complexity index is 835. The second kappa shape index (κ2) is 9.41. The van der Waals surface area contributed by atoms with Crippen molar-refractivity contribution in [2.24, 2.45) is 0 Å². The first-order valence-corrected chi connectivity index (χ1v) is 11.2. The zero-order chi connectivity index (χ0) is 20.1. The highest BCUT2D eigenvalue weighted by Crippen LogP contribution is 2.20. The van der Waals surface area contributed by atoms with Crippen LogP contribution in [0.1, 0.15) is 29.0 Å². The van der Waals surface area contributed by atoms with Crippen LogP contribution >= 0.6 is 11.8 Å². The Morgan fingerprint density at radius 1 is 1.00 bits per heavy atom. The average molecular weight is 415 g/mol. The minimum Gasteiger partial charge on any atom is -0.378 e. The molecule has 0 radical (unpaired) electrons. The van der Waals surface area contributed by atoms with Crippen molar-refractivity contribution < 1.29 is 9.53 Å². The molecule has 1 aromatic heterocycles. The van der Waals surface area contributed by atoms with Gasteiger partial charge >= 0.3 is 0 Å². The topological polar surface area (TPSA) is 83.5 Å². The van der Waals surface area contributed by atoms with Gasteiger partial charge in [-0.2, -0.15) is 15.0 Å². The Hall–Kier alpha value is -2.39. The second-order valence-corrected chi connectivity index (χ2v) is 7.94. The van der Waals surface area contributed by atoms with Crippen molar-refractivity contribution in [3.63, 3.8) is 0 Å². The Labute approximate surface area is 175 Å². The van der Waals surface area contributed by atoms with Gasteiger partial charge in [0.1, 0.15) is 0 Å². The van der Waals surface area contributed by atoms with Crippen molar-refractivity contribution in [1.29, 1.82) is 0 Å². The quantitative estimate of drug-likeness (QED) is 0.719. The van der Waals surface area contributed by atoms with E-state index in [1.54, 1.807) is 11.8 Å². The number of carbonyl (C=O) groups excluding carboxylic acids is 1. The molecule has 2 saturated heterocycles. The molecule has 1 N–H and O–H groups in total. The van der Waals surface area contributed by atoms with Crippen molar-refractivity contribution >= 4 is 29.6 Å². The lowest BCUT2D eigenvalue weighted by atomic mass is 10.2. The summed E-state index contributed by atoms with van der Waals surface area (Å²) < 4.78 is 5.44. The average Bonchev–Trinajstić information content (AvgIpc) is 3.33. The lowest BCUT2D eigenvalue weighted by molar-refractivity contribution is 0.0949. The van der Waals surface area contributed by atoms with Gasteiger partial charge in [0.2, 0.25) is 11.9 Å². The molecule has 2 aliphatic heterocycles. The van der Waals surface area contributed by atoms with Crippen LogP contribution in [0.2, 0.25) is 0 Å². The first kappa shape index (κ1) is 19.9. The molecule has 2 aliphatic rings. The van der Waals surface area contributed by atoms with E-state index in [-0.39, 0.29) is 12.5 Å². The number of carbonyl (C=O) groups is 1. The largest absolute Gasteiger partial charge is 0.378 e. The summed E-state index contributed by atoms with van der Waals surface area (Å²) in [7, 11) is 0. The van der Waals surface area contributed by atoms with Crippen LogP contribution in [-0.2, 0) is 11.3 Å². The summed E-state index contributed by atoms with van der Waals surface area (Å²) in [5, 5.41) is 2.94. The molecule has 154 valence electrons. The highest BCUT2D eigenvalue weighted by atomic mass is 32.2. The molecule has 9 heteroatoms. The van der Waals surface area contributed by atoms with E-state index >= 15 is 0 Å². The Morgan fingerprint density at radius 2 is 1.62 bits per heavy atom. The SMILES string of the molecule is CSc1ccc(C(=O)NCc2nc(N3CCCC3)nc(N3CCOCC3)n2)cc1. The molecule has 0 saturated carbocycles. The van der Waals surface area contributed by atoms with Crippen LogP contribution in [0.15, 0.2) is 29.2 Å². The number of ether oxygens (including phenoxy) is 1. The molecule has 8 nitrogen and oxygen atoms in total. The molecule has 1 amide bonds. The minimum atomic E-state index is -0.131. The summed E-state index contributed by atoms with van der Waals surface area (Å²) in [6.45, 7) is 5.05. The number of hydrogen-bond donors (Lipinski definition) is 1. The highest BCUT2D eigenvalue weighted by molar-refractivity contribution is 7.98. The fourth-order valence-corrected chi connectivity index (χ4v) is 3.85. The molecule has 4 rings (SSSR count). The third-order valence-electron chi connectivity index (χ3n) is 5.10. The molecular formula is C20H26N6O2S. The number of benzene rings is 1. The lowest BCUT2D eigenvalue weighted by Crippen LogP contribution is -2.38. The fraction of sp³-hybridized carbons (Fsp3) is 0.500. The number of rotatable bonds is 6. The third kappa shape index (κ3) is 4.97. The number of morpholine rings is 1. The highest BCUT2D eigenvalue weighted by Gasteiger charge is 2.21. The molecule has 0 unspecified atom stereocenters. The van der Waals surface area contributed by atoms with Gasteiger partial charge in [0.25, 0.3) is 5.91 Å². The van der Waals surface area contributed by atoms with Gasteiger partial charge in [0.15, 0.2) is 5.82 Å². The summed E-state index contributed by atoms with van der Waals surface area (Å²) in [6, 6.07) is 7.57. The number of nitrogens with zero attached hydrogens (tertiary/aromatic N) is 5. The van der Waals surface area contributed by atoms with Gasteiger partial charge in [-0.05, 0) is 43.4 Å². The summed E-state index contributed by atoms with van der Waals surface area (Å²) >= 11 is 1.65. The van der Waals surface area contributed by atoms with E-state index in [9.17, 15) is 4.79 Å². The summed E-state index contributed by atoms with van der Waals surface area (Å²) in [5.41, 5.74) is 0.630. The maximum atomic E-state index is 12.5. The van der Waals surface area contributed by atoms with Crippen molar-refractivity contribution in [1.82, 2.24) is 20.3 Å². The van der Waals surface area contributed by atoms with Crippen molar-refractivity contribution in [3.8, 4) is 0 Å². The zero-order valence-corrected chi connectivity index (χ0v) is 17.5. The van der Waals surface area contributed by atoms with Crippen LogP contribution in [0.4, 0.5) is 11.9 Å². The van der Waals surface area contributed by atoms with Crippen molar-refractivity contribution in [2.45, 2.75) is 24.3 Å². The van der Waals surface area contributed by atoms with Gasteiger partial charge in [-0.15, -0.1) is 11.8 Å². The molecule has 2 aromatic rings. The monoisotopic (exact) mass is 414 g/mol. The lowest BCUT2D eigenvalue weighted by Gasteiger charge is -2.28. The molecule has 2 fully saturated rings. The smallest absolute Gasteiger partial charge is 0.251 e. The molecular weight excluding hydrogens is 388 g/mol. The van der Waals surface area contributed by atoms with Crippen LogP contribution in [0.5, 0.6) is 0 Å². The number of aromatic nitrogens is 3. The molecule has 3 heterocycles. The van der Waals surface area contributed by atoms with Gasteiger partial charge in [-0.1, -0.05) is 0 Å². The van der Waals surface area contributed by atoms with E-state index in [0.717, 1.165) is 43.9 Å². The molecule has 29 heavy (non-hydrogen) atoms. The first-order chi connectivity index (χ1) is 14.2. The van der Waals surface area contributed by atoms with Crippen molar-refractivity contribution in [2.75, 3.05) is 55.4 Å². The molecule has 0 spiro atoms. The molecule has 0 atom stereocenters. The van der Waals surface area contributed by atoms with Gasteiger partial charge in [-0.25, -0.2) is 0 Å². The van der Waals surface area contributed by atoms with Gasteiger partial charge in [-0.3, -0.25) is 4.79 Å². The number of amides is 1. The van der Waals surface area contributed by atoms with Crippen LogP contribution in [0.25, 0.3) is 0 Å². The predicted octanol–water partition coefficient (Wildman–Crippen LogP) is 1.96. The van der Waals surface area contributed by atoms with E-state index in [1.165, 1.54) is 0 Å². The summed E-state index contributed by atoms with van der Waals surface area (Å²) in [5.74, 6) is 1.82. The number of thioether (sulfide) groups is 1. The number of nitrogens with one attached hydrogen (secondary N) is 1. The normalized spacial score (nSPS) is 16.9. The van der Waals surface area contributed by atoms with Gasteiger partial charge in [0.05, 0.1) is 19.8 Å². The maximum absolute atomic E-state index is 12.5. The standard InChI is InChI=1S/C20H26N6O2S/c1-29-16-6-4-15(5-7-16)18(27)21-14-17-22-19(25-8-2-3-9-25)24-20(23-17)26-10-12-28-13-11-26/h4-7H,2-3,8-14H2,1H3,(H,21,27). The minimum absolute atomic E-state index is 0.131. The van der Waals surface area contributed by atoms with E-state index in [0.29, 0.717) is 36.5 Å². The first-order valence-electron chi connectivity index (χ1n) is 9.98. The zero-order valence-electron chi connectivity index (χ0n) is 16.6. The van der Waals surface area contributed by atoms with Gasteiger partial charge in [0, 0.05) is 36.6 Å². The van der Waals surface area contributed by atoms with E-state index in [4.69, 9.17) is 9.72 Å². The van der Waals surface area contributed by atoms with E-state index < -0.39 is 0 Å². The number of hydrogen-bond acceptors (Lipinski definition) is 8.